The Balaban J connectivity index is 1.71. The highest BCUT2D eigenvalue weighted by atomic mass is 35.5. The summed E-state index contributed by atoms with van der Waals surface area (Å²) in [4.78, 5) is 23.3. The Bertz CT molecular complexity index is 995. The highest BCUT2D eigenvalue weighted by Crippen LogP contribution is 2.25. The molecule has 3 heterocycles. The zero-order valence-corrected chi connectivity index (χ0v) is 19.0. The zero-order chi connectivity index (χ0) is 22.1. The van der Waals surface area contributed by atoms with Crippen molar-refractivity contribution in [3.05, 3.63) is 40.9 Å². The molecule has 2 aromatic heterocycles. The van der Waals surface area contributed by atoms with E-state index in [1.54, 1.807) is 17.3 Å². The summed E-state index contributed by atoms with van der Waals surface area (Å²) in [5.41, 5.74) is 9.76. The van der Waals surface area contributed by atoms with Crippen molar-refractivity contribution in [2.45, 2.75) is 59.1 Å². The van der Waals surface area contributed by atoms with Crippen LogP contribution in [0.3, 0.4) is 0 Å². The number of fused-ring (bicyclic) bond motifs is 1. The Kier molecular flexibility index (Phi) is 6.41. The van der Waals surface area contributed by atoms with E-state index in [0.29, 0.717) is 18.2 Å². The second kappa shape index (κ2) is 8.68. The summed E-state index contributed by atoms with van der Waals surface area (Å²) in [5, 5.41) is 0.579. The van der Waals surface area contributed by atoms with Gasteiger partial charge in [-0.25, -0.2) is 9.78 Å². The number of rotatable bonds is 3. The molecule has 0 radical (unpaired) electrons. The first-order chi connectivity index (χ1) is 14.1. The van der Waals surface area contributed by atoms with Crippen LogP contribution in [0.1, 0.15) is 51.8 Å². The second-order valence-electron chi connectivity index (χ2n) is 8.65. The van der Waals surface area contributed by atoms with Crippen molar-refractivity contribution in [3.8, 4) is 0 Å². The van der Waals surface area contributed by atoms with Crippen molar-refractivity contribution in [2.75, 3.05) is 13.1 Å². The molecule has 7 nitrogen and oxygen atoms in total. The smallest absolute Gasteiger partial charge is 0.410 e. The topological polar surface area (TPSA) is 85.2 Å². The van der Waals surface area contributed by atoms with Crippen molar-refractivity contribution >= 4 is 34.6 Å². The van der Waals surface area contributed by atoms with Crippen LogP contribution in [0.5, 0.6) is 0 Å². The van der Waals surface area contributed by atoms with E-state index in [9.17, 15) is 4.79 Å². The second-order valence-corrected chi connectivity index (χ2v) is 9.04. The number of pyridine rings is 1. The molecule has 0 saturated carbocycles. The van der Waals surface area contributed by atoms with Gasteiger partial charge in [0.2, 0.25) is 0 Å². The van der Waals surface area contributed by atoms with Crippen molar-refractivity contribution in [1.82, 2.24) is 14.3 Å². The maximum atomic E-state index is 12.2. The number of aliphatic imine (C=N–C) groups is 1. The number of piperidine rings is 1. The molecule has 1 aliphatic rings. The van der Waals surface area contributed by atoms with Gasteiger partial charge in [-0.05, 0) is 65.2 Å². The number of carbonyl (C=O) groups excluding carboxylic acids is 1. The molecule has 30 heavy (non-hydrogen) atoms. The van der Waals surface area contributed by atoms with Crippen LogP contribution >= 0.6 is 11.6 Å². The molecule has 0 unspecified atom stereocenters. The van der Waals surface area contributed by atoms with Gasteiger partial charge in [-0.2, -0.15) is 0 Å². The number of likely N-dealkylation sites (tertiary alicyclic amines) is 1. The van der Waals surface area contributed by atoms with Gasteiger partial charge in [-0.3, -0.25) is 9.39 Å². The molecule has 0 atom stereocenters. The predicted octanol–water partition coefficient (Wildman–Crippen LogP) is 4.46. The van der Waals surface area contributed by atoms with E-state index in [2.05, 4.69) is 4.98 Å². The Morgan fingerprint density at radius 3 is 2.60 bits per heavy atom. The molecule has 1 fully saturated rings. The Morgan fingerprint density at radius 1 is 1.33 bits per heavy atom. The lowest BCUT2D eigenvalue weighted by molar-refractivity contribution is 0.0207. The number of imidazole rings is 1. The number of hydrogen-bond acceptors (Lipinski definition) is 5. The van der Waals surface area contributed by atoms with Crippen molar-refractivity contribution in [2.24, 2.45) is 10.7 Å². The first-order valence-electron chi connectivity index (χ1n) is 10.2. The molecular formula is C22H30ClN5O2. The molecule has 0 bridgehead atoms. The molecular weight excluding hydrogens is 402 g/mol. The Hall–Kier alpha value is -2.54. The summed E-state index contributed by atoms with van der Waals surface area (Å²) in [5.74, 6) is 0. The molecule has 0 aliphatic carbocycles. The molecule has 2 N–H and O–H groups in total. The highest BCUT2D eigenvalue weighted by molar-refractivity contribution is 6.30. The van der Waals surface area contributed by atoms with Gasteiger partial charge in [-0.15, -0.1) is 0 Å². The summed E-state index contributed by atoms with van der Waals surface area (Å²) in [6.45, 7) is 10.8. The average Bonchev–Trinajstić information content (AvgIpc) is 3.03. The molecule has 0 aromatic carbocycles. The van der Waals surface area contributed by atoms with Gasteiger partial charge in [0.1, 0.15) is 16.4 Å². The van der Waals surface area contributed by atoms with Crippen LogP contribution in [0.4, 0.5) is 4.79 Å². The first kappa shape index (κ1) is 22.2. The predicted molar refractivity (Wildman–Crippen MR) is 121 cm³/mol. The van der Waals surface area contributed by atoms with Crippen LogP contribution in [0.15, 0.2) is 29.5 Å². The van der Waals surface area contributed by atoms with Crippen molar-refractivity contribution < 1.29 is 9.53 Å². The fraction of sp³-hybridized carbons (Fsp3) is 0.500. The van der Waals surface area contributed by atoms with Crippen LogP contribution in [0.25, 0.3) is 11.2 Å². The molecule has 1 saturated heterocycles. The SMILES string of the molecule is CC(=NC1CCN(C(=O)OC(C)(C)C)CC1)/C(=C\N)c1cc(Cl)n2c(C)cnc2c1. The fourth-order valence-corrected chi connectivity index (χ4v) is 3.98. The number of allylic oxidation sites excluding steroid dienone is 1. The third-order valence-corrected chi connectivity index (χ3v) is 5.38. The maximum Gasteiger partial charge on any atom is 0.410 e. The van der Waals surface area contributed by atoms with Gasteiger partial charge in [0.05, 0.1) is 6.04 Å². The van der Waals surface area contributed by atoms with E-state index < -0.39 is 5.60 Å². The van der Waals surface area contributed by atoms with Crippen LogP contribution < -0.4 is 5.73 Å². The number of ether oxygens (including phenoxy) is 1. The van der Waals surface area contributed by atoms with Gasteiger partial charge >= 0.3 is 6.09 Å². The van der Waals surface area contributed by atoms with Gasteiger partial charge < -0.3 is 15.4 Å². The third kappa shape index (κ3) is 4.95. The summed E-state index contributed by atoms with van der Waals surface area (Å²) in [7, 11) is 0. The van der Waals surface area contributed by atoms with Crippen LogP contribution in [0.2, 0.25) is 5.15 Å². The van der Waals surface area contributed by atoms with E-state index in [1.165, 1.54) is 0 Å². The maximum absolute atomic E-state index is 12.2. The molecule has 162 valence electrons. The van der Waals surface area contributed by atoms with E-state index in [1.807, 2.05) is 51.2 Å². The lowest BCUT2D eigenvalue weighted by atomic mass is 10.0. The quantitative estimate of drug-likeness (QED) is 0.574. The first-order valence-corrected chi connectivity index (χ1v) is 10.6. The minimum Gasteiger partial charge on any atom is -0.444 e. The van der Waals surface area contributed by atoms with E-state index in [-0.39, 0.29) is 12.1 Å². The van der Waals surface area contributed by atoms with Gasteiger partial charge in [-0.1, -0.05) is 11.6 Å². The molecule has 1 amide bonds. The average molecular weight is 432 g/mol. The number of hydrogen-bond donors (Lipinski definition) is 1. The lowest BCUT2D eigenvalue weighted by Crippen LogP contribution is -2.42. The Morgan fingerprint density at radius 2 is 2.00 bits per heavy atom. The summed E-state index contributed by atoms with van der Waals surface area (Å²) < 4.78 is 7.35. The number of carbonyl (C=O) groups is 1. The summed E-state index contributed by atoms with van der Waals surface area (Å²) >= 11 is 6.46. The van der Waals surface area contributed by atoms with Gasteiger partial charge in [0.25, 0.3) is 0 Å². The van der Waals surface area contributed by atoms with Crippen LogP contribution in [0, 0.1) is 6.92 Å². The third-order valence-electron chi connectivity index (χ3n) is 5.10. The molecule has 2 aromatic rings. The number of halogens is 1. The highest BCUT2D eigenvalue weighted by Gasteiger charge is 2.27. The lowest BCUT2D eigenvalue weighted by Gasteiger charge is -2.32. The van der Waals surface area contributed by atoms with E-state index in [4.69, 9.17) is 27.1 Å². The normalized spacial score (nSPS) is 16.9. The monoisotopic (exact) mass is 431 g/mol. The number of aryl methyl sites for hydroxylation is 1. The van der Waals surface area contributed by atoms with Gasteiger partial charge in [0, 0.05) is 42.5 Å². The molecule has 1 aliphatic heterocycles. The molecule has 0 spiro atoms. The zero-order valence-electron chi connectivity index (χ0n) is 18.3. The van der Waals surface area contributed by atoms with E-state index in [0.717, 1.165) is 41.0 Å². The minimum absolute atomic E-state index is 0.131. The fourth-order valence-electron chi connectivity index (χ4n) is 3.64. The standard InChI is InChI=1S/C22H30ClN5O2/c1-14-13-25-20-11-16(10-19(23)28(14)20)18(12-24)15(2)26-17-6-8-27(9-7-17)21(29)30-22(3,4)5/h10-13,17H,6-9,24H2,1-5H3/b18-12+,26-15?. The van der Waals surface area contributed by atoms with Crippen molar-refractivity contribution in [1.29, 1.82) is 0 Å². The van der Waals surface area contributed by atoms with Crippen LogP contribution in [-0.4, -0.2) is 50.8 Å². The summed E-state index contributed by atoms with van der Waals surface area (Å²) in [6, 6.07) is 3.97. The molecule has 3 rings (SSSR count). The Labute approximate surface area is 182 Å². The number of aromatic nitrogens is 2. The molecule has 8 heteroatoms. The van der Waals surface area contributed by atoms with Crippen molar-refractivity contribution in [3.63, 3.8) is 0 Å². The largest absolute Gasteiger partial charge is 0.444 e. The number of nitrogens with zero attached hydrogens (tertiary/aromatic N) is 4. The summed E-state index contributed by atoms with van der Waals surface area (Å²) in [6.07, 6.45) is 4.66. The van der Waals surface area contributed by atoms with Crippen LogP contribution in [-0.2, 0) is 4.74 Å². The number of amides is 1. The number of nitrogens with two attached hydrogens (primary N) is 1. The van der Waals surface area contributed by atoms with Gasteiger partial charge in [0.15, 0.2) is 0 Å². The minimum atomic E-state index is -0.487. The van der Waals surface area contributed by atoms with E-state index >= 15 is 0 Å².